The molecule has 0 aromatic heterocycles. The predicted molar refractivity (Wildman–Crippen MR) is 68.1 cm³/mol. The second-order valence-electron chi connectivity index (χ2n) is 5.24. The molecular formula is C14H20F2N2. The Hall–Kier alpha value is -1.00. The Morgan fingerprint density at radius 3 is 2.67 bits per heavy atom. The van der Waals surface area contributed by atoms with E-state index in [1.54, 1.807) is 0 Å². The van der Waals surface area contributed by atoms with E-state index in [0.29, 0.717) is 11.5 Å². The third-order valence-corrected chi connectivity index (χ3v) is 3.96. The van der Waals surface area contributed by atoms with Gasteiger partial charge in [-0.25, -0.2) is 8.78 Å². The molecule has 1 aromatic carbocycles. The maximum Gasteiger partial charge on any atom is 0.128 e. The summed E-state index contributed by atoms with van der Waals surface area (Å²) in [5, 5.41) is 0. The van der Waals surface area contributed by atoms with Gasteiger partial charge in [0.15, 0.2) is 0 Å². The van der Waals surface area contributed by atoms with Crippen molar-refractivity contribution in [2.45, 2.75) is 32.4 Å². The van der Waals surface area contributed by atoms with Crippen molar-refractivity contribution >= 4 is 0 Å². The van der Waals surface area contributed by atoms with Crippen molar-refractivity contribution in [3.05, 3.63) is 35.4 Å². The first kappa shape index (κ1) is 13.4. The average Bonchev–Trinajstić information content (AvgIpc) is 2.81. The fraction of sp³-hybridized carbons (Fsp3) is 0.571. The van der Waals surface area contributed by atoms with Gasteiger partial charge >= 0.3 is 0 Å². The number of halogens is 2. The average molecular weight is 254 g/mol. The molecule has 0 radical (unpaired) electrons. The highest BCUT2D eigenvalue weighted by molar-refractivity contribution is 5.22. The minimum absolute atomic E-state index is 0.107. The van der Waals surface area contributed by atoms with E-state index in [9.17, 15) is 8.78 Å². The summed E-state index contributed by atoms with van der Waals surface area (Å²) in [6.07, 6.45) is 1.03. The highest BCUT2D eigenvalue weighted by Crippen LogP contribution is 2.30. The monoisotopic (exact) mass is 254 g/mol. The molecule has 2 N–H and O–H groups in total. The maximum absolute atomic E-state index is 13.7. The Morgan fingerprint density at radius 1 is 1.33 bits per heavy atom. The van der Waals surface area contributed by atoms with Crippen molar-refractivity contribution in [1.29, 1.82) is 0 Å². The fourth-order valence-corrected chi connectivity index (χ4v) is 2.63. The Morgan fingerprint density at radius 2 is 2.06 bits per heavy atom. The van der Waals surface area contributed by atoms with Crippen LogP contribution in [0.1, 0.15) is 31.9 Å². The minimum Gasteiger partial charge on any atom is -0.328 e. The van der Waals surface area contributed by atoms with E-state index in [2.05, 4.69) is 4.90 Å². The second kappa shape index (κ2) is 5.33. The first-order valence-electron chi connectivity index (χ1n) is 6.43. The van der Waals surface area contributed by atoms with E-state index in [0.717, 1.165) is 25.6 Å². The van der Waals surface area contributed by atoms with Crippen molar-refractivity contribution in [3.8, 4) is 0 Å². The first-order chi connectivity index (χ1) is 8.49. The molecule has 1 saturated heterocycles. The van der Waals surface area contributed by atoms with Gasteiger partial charge in [-0.05, 0) is 50.9 Å². The first-order valence-corrected chi connectivity index (χ1v) is 6.43. The zero-order valence-corrected chi connectivity index (χ0v) is 10.9. The lowest BCUT2D eigenvalue weighted by Gasteiger charge is -2.25. The molecule has 1 aromatic rings. The minimum atomic E-state index is -0.388. The van der Waals surface area contributed by atoms with Gasteiger partial charge in [0, 0.05) is 24.2 Å². The fourth-order valence-electron chi connectivity index (χ4n) is 2.63. The van der Waals surface area contributed by atoms with Crippen LogP contribution in [0.2, 0.25) is 0 Å². The molecule has 0 spiro atoms. The van der Waals surface area contributed by atoms with Gasteiger partial charge in [-0.3, -0.25) is 4.90 Å². The van der Waals surface area contributed by atoms with Crippen LogP contribution in [0.15, 0.2) is 18.2 Å². The van der Waals surface area contributed by atoms with Crippen LogP contribution in [-0.2, 0) is 0 Å². The summed E-state index contributed by atoms with van der Waals surface area (Å²) in [4.78, 5) is 2.17. The van der Waals surface area contributed by atoms with E-state index in [4.69, 9.17) is 5.73 Å². The molecule has 4 heteroatoms. The molecule has 0 saturated carbocycles. The van der Waals surface area contributed by atoms with Crippen LogP contribution in [0, 0.1) is 17.6 Å². The SMILES string of the molecule is CC(N)C1CCN(C(C)c2cc(F)ccc2F)C1. The molecule has 0 aliphatic carbocycles. The molecule has 0 bridgehead atoms. The molecule has 2 rings (SSSR count). The number of nitrogens with two attached hydrogens (primary N) is 1. The van der Waals surface area contributed by atoms with Gasteiger partial charge < -0.3 is 5.73 Å². The van der Waals surface area contributed by atoms with Crippen molar-refractivity contribution in [3.63, 3.8) is 0 Å². The van der Waals surface area contributed by atoms with E-state index >= 15 is 0 Å². The molecular weight excluding hydrogens is 234 g/mol. The van der Waals surface area contributed by atoms with Gasteiger partial charge in [0.2, 0.25) is 0 Å². The Kier molecular flexibility index (Phi) is 3.97. The van der Waals surface area contributed by atoms with Crippen LogP contribution in [0.25, 0.3) is 0 Å². The number of likely N-dealkylation sites (tertiary alicyclic amines) is 1. The van der Waals surface area contributed by atoms with Crippen LogP contribution in [0.3, 0.4) is 0 Å². The maximum atomic E-state index is 13.7. The van der Waals surface area contributed by atoms with Crippen molar-refractivity contribution in [1.82, 2.24) is 4.90 Å². The molecule has 2 nitrogen and oxygen atoms in total. The summed E-state index contributed by atoms with van der Waals surface area (Å²) in [5.41, 5.74) is 6.32. The summed E-state index contributed by atoms with van der Waals surface area (Å²) in [5.74, 6) is -0.279. The largest absolute Gasteiger partial charge is 0.328 e. The van der Waals surface area contributed by atoms with Crippen LogP contribution in [0.4, 0.5) is 8.78 Å². The van der Waals surface area contributed by atoms with Crippen molar-refractivity contribution < 1.29 is 8.78 Å². The second-order valence-corrected chi connectivity index (χ2v) is 5.24. The number of hydrogen-bond acceptors (Lipinski definition) is 2. The molecule has 1 heterocycles. The van der Waals surface area contributed by atoms with E-state index in [-0.39, 0.29) is 23.7 Å². The summed E-state index contributed by atoms with van der Waals surface area (Å²) in [6.45, 7) is 5.67. The molecule has 3 unspecified atom stereocenters. The topological polar surface area (TPSA) is 29.3 Å². The predicted octanol–water partition coefficient (Wildman–Crippen LogP) is 2.69. The third-order valence-electron chi connectivity index (χ3n) is 3.96. The standard InChI is InChI=1S/C14H20F2N2/c1-9(17)11-5-6-18(8-11)10(2)13-7-12(15)3-4-14(13)16/h3-4,7,9-11H,5-6,8,17H2,1-2H3. The summed E-state index contributed by atoms with van der Waals surface area (Å²) in [7, 11) is 0. The van der Waals surface area contributed by atoms with Crippen LogP contribution < -0.4 is 5.73 Å². The highest BCUT2D eigenvalue weighted by Gasteiger charge is 2.29. The summed E-state index contributed by atoms with van der Waals surface area (Å²) in [6, 6.07) is 3.68. The lowest BCUT2D eigenvalue weighted by atomic mass is 10.0. The van der Waals surface area contributed by atoms with Gasteiger partial charge in [-0.2, -0.15) is 0 Å². The van der Waals surface area contributed by atoms with Gasteiger partial charge in [-0.1, -0.05) is 0 Å². The molecule has 1 aliphatic heterocycles. The van der Waals surface area contributed by atoms with Gasteiger partial charge in [0.1, 0.15) is 11.6 Å². The number of hydrogen-bond donors (Lipinski definition) is 1. The van der Waals surface area contributed by atoms with E-state index < -0.39 is 0 Å². The Bertz CT molecular complexity index is 420. The van der Waals surface area contributed by atoms with Crippen LogP contribution in [0.5, 0.6) is 0 Å². The number of nitrogens with zero attached hydrogens (tertiary/aromatic N) is 1. The molecule has 100 valence electrons. The lowest BCUT2D eigenvalue weighted by molar-refractivity contribution is 0.243. The third kappa shape index (κ3) is 2.70. The summed E-state index contributed by atoms with van der Waals surface area (Å²) < 4.78 is 26.9. The van der Waals surface area contributed by atoms with Crippen molar-refractivity contribution in [2.24, 2.45) is 11.7 Å². The Labute approximate surface area is 107 Å². The molecule has 0 amide bonds. The van der Waals surface area contributed by atoms with E-state index in [1.165, 1.54) is 12.1 Å². The van der Waals surface area contributed by atoms with Crippen molar-refractivity contribution in [2.75, 3.05) is 13.1 Å². The van der Waals surface area contributed by atoms with Gasteiger partial charge in [0.05, 0.1) is 0 Å². The smallest absolute Gasteiger partial charge is 0.128 e. The lowest BCUT2D eigenvalue weighted by Crippen LogP contribution is -2.31. The van der Waals surface area contributed by atoms with Crippen LogP contribution >= 0.6 is 0 Å². The normalized spacial score (nSPS) is 24.2. The summed E-state index contributed by atoms with van der Waals surface area (Å²) >= 11 is 0. The zero-order valence-electron chi connectivity index (χ0n) is 10.9. The van der Waals surface area contributed by atoms with Crippen LogP contribution in [-0.4, -0.2) is 24.0 Å². The van der Waals surface area contributed by atoms with E-state index in [1.807, 2.05) is 13.8 Å². The molecule has 1 aliphatic rings. The molecule has 18 heavy (non-hydrogen) atoms. The van der Waals surface area contributed by atoms with Gasteiger partial charge in [0.25, 0.3) is 0 Å². The quantitative estimate of drug-likeness (QED) is 0.898. The zero-order chi connectivity index (χ0) is 13.3. The highest BCUT2D eigenvalue weighted by atomic mass is 19.1. The molecule has 1 fully saturated rings. The number of benzene rings is 1. The molecule has 3 atom stereocenters. The number of rotatable bonds is 3. The van der Waals surface area contributed by atoms with Gasteiger partial charge in [-0.15, -0.1) is 0 Å². The Balaban J connectivity index is 2.12.